The topological polar surface area (TPSA) is 45.7 Å². The lowest BCUT2D eigenvalue weighted by Gasteiger charge is -2.43. The van der Waals surface area contributed by atoms with Gasteiger partial charge in [-0.1, -0.05) is 33.3 Å². The van der Waals surface area contributed by atoms with Gasteiger partial charge in [-0.25, -0.2) is 4.98 Å². The Hall–Kier alpha value is -1.33. The number of likely N-dealkylation sites (tertiary alicyclic amines) is 2. The van der Waals surface area contributed by atoms with E-state index < -0.39 is 5.34 Å². The van der Waals surface area contributed by atoms with Crippen LogP contribution in [0.3, 0.4) is 0 Å². The van der Waals surface area contributed by atoms with E-state index in [9.17, 15) is 4.79 Å². The Morgan fingerprint density at radius 3 is 2.46 bits per heavy atom. The monoisotopic (exact) mass is 381 g/mol. The summed E-state index contributed by atoms with van der Waals surface area (Å²) < 4.78 is 5.34. The van der Waals surface area contributed by atoms with E-state index in [0.717, 1.165) is 38.3 Å². The van der Waals surface area contributed by atoms with Crippen LogP contribution in [0.2, 0.25) is 0 Å². The Labute approximate surface area is 173 Å². The highest BCUT2D eigenvalue weighted by Gasteiger charge is 2.33. The first-order valence-corrected chi connectivity index (χ1v) is 10.6. The predicted octanol–water partition coefficient (Wildman–Crippen LogP) is 2.54. The van der Waals surface area contributed by atoms with E-state index in [4.69, 9.17) is 20.4 Å². The van der Waals surface area contributed by atoms with Gasteiger partial charge < -0.3 is 14.5 Å². The van der Waals surface area contributed by atoms with Crippen LogP contribution in [-0.4, -0.2) is 75.8 Å². The first kappa shape index (κ1) is 23.0. The van der Waals surface area contributed by atoms with Crippen LogP contribution >= 0.6 is 0 Å². The smallest absolute Gasteiger partial charge is 0.272 e. The normalized spacial score (nSPS) is 21.3. The van der Waals surface area contributed by atoms with Crippen molar-refractivity contribution in [2.75, 3.05) is 33.3 Å². The molecule has 7 heteroatoms. The highest BCUT2D eigenvalue weighted by molar-refractivity contribution is 6.39. The Bertz CT molecular complexity index is 634. The van der Waals surface area contributed by atoms with Gasteiger partial charge in [0.2, 0.25) is 0 Å². The fourth-order valence-electron chi connectivity index (χ4n) is 3.92. The molecular weight excluding hydrogens is 348 g/mol. The van der Waals surface area contributed by atoms with Crippen molar-refractivity contribution >= 4 is 21.6 Å². The maximum Gasteiger partial charge on any atom is 0.272 e. The Kier molecular flexibility index (Phi) is 8.56. The lowest BCUT2D eigenvalue weighted by atomic mass is 9.58. The van der Waals surface area contributed by atoms with Crippen molar-refractivity contribution in [3.8, 4) is 0 Å². The number of carbonyl (C=O) groups is 1. The summed E-state index contributed by atoms with van der Waals surface area (Å²) in [5, 5.41) is -1.16. The van der Waals surface area contributed by atoms with Crippen molar-refractivity contribution < 1.29 is 9.53 Å². The molecule has 0 spiro atoms. The molecule has 0 saturated carbocycles. The van der Waals surface area contributed by atoms with Gasteiger partial charge in [-0.05, 0) is 55.7 Å². The molecule has 1 aromatic heterocycles. The molecule has 0 bridgehead atoms. The molecule has 2 fully saturated rings. The van der Waals surface area contributed by atoms with Crippen LogP contribution in [0.5, 0.6) is 0 Å². The average molecular weight is 381 g/mol. The SMILES string of the molecule is CC.[B]C([B])(c1cccc(C(=O)N2CCC(OC)C2)n1)N1CCC(CC)CC1. The van der Waals surface area contributed by atoms with Crippen LogP contribution in [-0.2, 0) is 10.1 Å². The zero-order chi connectivity index (χ0) is 20.7. The Morgan fingerprint density at radius 1 is 1.21 bits per heavy atom. The van der Waals surface area contributed by atoms with Crippen molar-refractivity contribution in [3.63, 3.8) is 0 Å². The number of hydrogen-bond donors (Lipinski definition) is 0. The summed E-state index contributed by atoms with van der Waals surface area (Å²) in [6.07, 6.45) is 4.34. The van der Waals surface area contributed by atoms with Crippen LogP contribution < -0.4 is 0 Å². The van der Waals surface area contributed by atoms with Gasteiger partial charge in [-0.2, -0.15) is 0 Å². The molecule has 1 unspecified atom stereocenters. The largest absolute Gasteiger partial charge is 0.380 e. The summed E-state index contributed by atoms with van der Waals surface area (Å²) in [4.78, 5) is 21.1. The number of piperidine rings is 1. The molecule has 1 amide bonds. The van der Waals surface area contributed by atoms with E-state index in [2.05, 4.69) is 16.8 Å². The summed E-state index contributed by atoms with van der Waals surface area (Å²) >= 11 is 0. The Balaban J connectivity index is 0.00000136. The number of carbonyl (C=O) groups excluding carboxylic acids is 1. The molecule has 5 nitrogen and oxygen atoms in total. The molecule has 150 valence electrons. The number of pyridine rings is 1. The van der Waals surface area contributed by atoms with Gasteiger partial charge >= 0.3 is 0 Å². The summed E-state index contributed by atoms with van der Waals surface area (Å²) in [7, 11) is 14.6. The molecule has 4 radical (unpaired) electrons. The van der Waals surface area contributed by atoms with E-state index >= 15 is 0 Å². The number of methoxy groups -OCH3 is 1. The molecule has 28 heavy (non-hydrogen) atoms. The van der Waals surface area contributed by atoms with Gasteiger partial charge in [0.15, 0.2) is 0 Å². The minimum Gasteiger partial charge on any atom is -0.380 e. The van der Waals surface area contributed by atoms with Gasteiger partial charge in [0, 0.05) is 25.9 Å². The second kappa shape index (κ2) is 10.4. The second-order valence-electron chi connectivity index (χ2n) is 7.47. The summed E-state index contributed by atoms with van der Waals surface area (Å²) in [6.45, 7) is 9.22. The van der Waals surface area contributed by atoms with E-state index in [0.29, 0.717) is 24.5 Å². The average Bonchev–Trinajstić information content (AvgIpc) is 3.24. The molecule has 0 aliphatic carbocycles. The molecule has 3 heterocycles. The van der Waals surface area contributed by atoms with Gasteiger partial charge in [-0.15, -0.1) is 0 Å². The van der Waals surface area contributed by atoms with Gasteiger partial charge in [-0.3, -0.25) is 4.79 Å². The van der Waals surface area contributed by atoms with Gasteiger partial charge in [0.25, 0.3) is 5.91 Å². The maximum atomic E-state index is 12.8. The van der Waals surface area contributed by atoms with E-state index in [-0.39, 0.29) is 12.0 Å². The zero-order valence-electron chi connectivity index (χ0n) is 17.9. The number of amides is 1. The first-order valence-electron chi connectivity index (χ1n) is 10.6. The van der Waals surface area contributed by atoms with Crippen LogP contribution in [0.25, 0.3) is 0 Å². The molecule has 0 aromatic carbocycles. The third kappa shape index (κ3) is 5.18. The molecule has 0 N–H and O–H groups in total. The number of rotatable bonds is 5. The fourth-order valence-corrected chi connectivity index (χ4v) is 3.92. The molecule has 2 aliphatic rings. The first-order chi connectivity index (χ1) is 13.5. The molecule has 2 aliphatic heterocycles. The van der Waals surface area contributed by atoms with Crippen molar-refractivity contribution in [1.82, 2.24) is 14.8 Å². The third-order valence-corrected chi connectivity index (χ3v) is 5.86. The molecular formula is C21H33B2N3O2. The lowest BCUT2D eigenvalue weighted by molar-refractivity contribution is 0.0718. The van der Waals surface area contributed by atoms with E-state index in [1.54, 1.807) is 18.1 Å². The van der Waals surface area contributed by atoms with Crippen LogP contribution in [0.4, 0.5) is 0 Å². The predicted molar refractivity (Wildman–Crippen MR) is 115 cm³/mol. The Morgan fingerprint density at radius 2 is 1.89 bits per heavy atom. The van der Waals surface area contributed by atoms with Gasteiger partial charge in [0.1, 0.15) is 5.69 Å². The molecule has 1 atom stereocenters. The lowest BCUT2D eigenvalue weighted by Crippen LogP contribution is -2.51. The van der Waals surface area contributed by atoms with E-state index in [1.165, 1.54) is 6.42 Å². The minimum atomic E-state index is -1.16. The number of nitrogens with zero attached hydrogens (tertiary/aromatic N) is 3. The quantitative estimate of drug-likeness (QED) is 0.736. The fraction of sp³-hybridized carbons (Fsp3) is 0.714. The standard InChI is InChI=1S/C19H27B2N3O2.C2H6/c1-3-14-7-11-24(12-8-14)19(20,21)17-6-4-5-16(22-17)18(25)23-10-9-15(13-23)26-2;1-2/h4-6,14-15H,3,7-13H2,1-2H3;1-2H3. The molecule has 3 rings (SSSR count). The second-order valence-corrected chi connectivity index (χ2v) is 7.47. The number of aromatic nitrogens is 1. The molecule has 1 aromatic rings. The third-order valence-electron chi connectivity index (χ3n) is 5.86. The van der Waals surface area contributed by atoms with Crippen LogP contribution in [0, 0.1) is 5.92 Å². The number of hydrogen-bond acceptors (Lipinski definition) is 4. The van der Waals surface area contributed by atoms with Crippen LogP contribution in [0.1, 0.15) is 62.6 Å². The van der Waals surface area contributed by atoms with Crippen molar-refractivity contribution in [3.05, 3.63) is 29.6 Å². The summed E-state index contributed by atoms with van der Waals surface area (Å²) in [5.74, 6) is 0.652. The highest BCUT2D eigenvalue weighted by atomic mass is 16.5. The summed E-state index contributed by atoms with van der Waals surface area (Å²) in [6, 6.07) is 5.35. The zero-order valence-corrected chi connectivity index (χ0v) is 17.9. The number of ether oxygens (including phenoxy) is 1. The van der Waals surface area contributed by atoms with Crippen molar-refractivity contribution in [1.29, 1.82) is 0 Å². The van der Waals surface area contributed by atoms with E-state index in [1.807, 2.05) is 26.0 Å². The maximum absolute atomic E-state index is 12.8. The van der Waals surface area contributed by atoms with Crippen LogP contribution in [0.15, 0.2) is 18.2 Å². The molecule has 2 saturated heterocycles. The minimum absolute atomic E-state index is 0.0908. The van der Waals surface area contributed by atoms with Crippen molar-refractivity contribution in [2.45, 2.75) is 57.9 Å². The summed E-state index contributed by atoms with van der Waals surface area (Å²) in [5.41, 5.74) is 0.934. The highest BCUT2D eigenvalue weighted by Crippen LogP contribution is 2.28. The van der Waals surface area contributed by atoms with Crippen molar-refractivity contribution in [2.24, 2.45) is 5.92 Å². The van der Waals surface area contributed by atoms with Gasteiger partial charge in [0.05, 0.1) is 21.8 Å².